The number of carboxylic acids is 2. The maximum absolute atomic E-state index is 11.1. The summed E-state index contributed by atoms with van der Waals surface area (Å²) < 4.78 is 8.84. The molecule has 0 saturated heterocycles. The third kappa shape index (κ3) is 5.71. The van der Waals surface area contributed by atoms with E-state index in [2.05, 4.69) is 9.47 Å². The predicted molar refractivity (Wildman–Crippen MR) is 62.6 cm³/mol. The lowest BCUT2D eigenvalue weighted by molar-refractivity contribution is -0.136. The third-order valence-electron chi connectivity index (χ3n) is 1.68. The zero-order valence-corrected chi connectivity index (χ0v) is 10.8. The fourth-order valence-corrected chi connectivity index (χ4v) is 0.984. The van der Waals surface area contributed by atoms with Crippen LogP contribution in [-0.4, -0.2) is 47.6 Å². The van der Waals surface area contributed by atoms with Crippen molar-refractivity contribution in [1.82, 2.24) is 10.6 Å². The molecular weight excluding hydrogens is 276 g/mol. The van der Waals surface area contributed by atoms with Gasteiger partial charge in [-0.2, -0.15) is 0 Å². The van der Waals surface area contributed by atoms with Crippen molar-refractivity contribution < 1.29 is 38.9 Å². The van der Waals surface area contributed by atoms with Crippen LogP contribution in [0.15, 0.2) is 11.4 Å². The Morgan fingerprint density at radius 3 is 1.30 bits per heavy atom. The number of rotatable bonds is 6. The van der Waals surface area contributed by atoms with Gasteiger partial charge in [-0.3, -0.25) is 10.6 Å². The Bertz CT molecular complexity index is 403. The fraction of sp³-hybridized carbons (Fsp3) is 0.400. The number of hydrogen-bond donors (Lipinski definition) is 4. The van der Waals surface area contributed by atoms with E-state index in [0.29, 0.717) is 0 Å². The zero-order chi connectivity index (χ0) is 15.7. The van der Waals surface area contributed by atoms with Gasteiger partial charge in [0.05, 0.1) is 13.2 Å². The topological polar surface area (TPSA) is 151 Å². The number of ether oxygens (including phenoxy) is 2. The van der Waals surface area contributed by atoms with Crippen molar-refractivity contribution in [3.8, 4) is 0 Å². The van der Waals surface area contributed by atoms with Crippen molar-refractivity contribution in [2.75, 3.05) is 13.2 Å². The van der Waals surface area contributed by atoms with Crippen LogP contribution >= 0.6 is 0 Å². The van der Waals surface area contributed by atoms with Gasteiger partial charge < -0.3 is 19.7 Å². The lowest BCUT2D eigenvalue weighted by Crippen LogP contribution is -2.37. The summed E-state index contributed by atoms with van der Waals surface area (Å²) in [5, 5.41) is 21.2. The first kappa shape index (κ1) is 17.2. The van der Waals surface area contributed by atoms with Crippen LogP contribution in [0, 0.1) is 0 Å². The summed E-state index contributed by atoms with van der Waals surface area (Å²) in [4.78, 5) is 44.1. The van der Waals surface area contributed by atoms with Crippen molar-refractivity contribution in [2.24, 2.45) is 0 Å². The maximum Gasteiger partial charge on any atom is 0.411 e. The first-order valence-corrected chi connectivity index (χ1v) is 5.41. The summed E-state index contributed by atoms with van der Waals surface area (Å²) in [7, 11) is 0. The highest BCUT2D eigenvalue weighted by atomic mass is 16.6. The lowest BCUT2D eigenvalue weighted by Gasteiger charge is -2.11. The molecule has 10 heteroatoms. The highest BCUT2D eigenvalue weighted by Gasteiger charge is 2.25. The first-order valence-electron chi connectivity index (χ1n) is 5.41. The minimum absolute atomic E-state index is 0.0492. The van der Waals surface area contributed by atoms with E-state index in [1.807, 2.05) is 0 Å². The Kier molecular flexibility index (Phi) is 7.18. The maximum atomic E-state index is 11.1. The standard InChI is InChI=1S/C10H14N2O8/c1-3-19-9(17)11-5(7(13)14)6(8(15)16)12-10(18)20-4-2/h3-4H2,1-2H3,(H,11,17)(H,12,18)(H,13,14)(H,15,16). The van der Waals surface area contributed by atoms with E-state index in [-0.39, 0.29) is 13.2 Å². The molecule has 0 bridgehead atoms. The summed E-state index contributed by atoms with van der Waals surface area (Å²) >= 11 is 0. The molecule has 0 spiro atoms. The molecule has 0 aromatic carbocycles. The first-order chi connectivity index (χ1) is 9.33. The average molecular weight is 290 g/mol. The smallest absolute Gasteiger partial charge is 0.411 e. The van der Waals surface area contributed by atoms with Gasteiger partial charge >= 0.3 is 24.1 Å². The van der Waals surface area contributed by atoms with E-state index in [1.54, 1.807) is 10.6 Å². The molecular formula is C10H14N2O8. The van der Waals surface area contributed by atoms with E-state index in [9.17, 15) is 19.2 Å². The van der Waals surface area contributed by atoms with Gasteiger partial charge in [-0.1, -0.05) is 0 Å². The molecule has 0 aliphatic rings. The number of alkyl carbamates (subject to hydrolysis) is 2. The van der Waals surface area contributed by atoms with Crippen LogP contribution in [0.1, 0.15) is 13.8 Å². The number of carboxylic acid groups (broad SMARTS) is 2. The molecule has 0 heterocycles. The number of hydrogen-bond acceptors (Lipinski definition) is 6. The number of carbonyl (C=O) groups excluding carboxylic acids is 2. The molecule has 0 aliphatic heterocycles. The second-order valence-corrected chi connectivity index (χ2v) is 3.05. The van der Waals surface area contributed by atoms with Crippen molar-refractivity contribution in [1.29, 1.82) is 0 Å². The molecule has 0 atom stereocenters. The van der Waals surface area contributed by atoms with E-state index in [4.69, 9.17) is 10.2 Å². The Balaban J connectivity index is 5.34. The van der Waals surface area contributed by atoms with Gasteiger partial charge in [0.2, 0.25) is 0 Å². The molecule has 0 aliphatic carbocycles. The third-order valence-corrected chi connectivity index (χ3v) is 1.68. The number of amides is 2. The molecule has 0 unspecified atom stereocenters. The molecule has 0 saturated carbocycles. The van der Waals surface area contributed by atoms with E-state index >= 15 is 0 Å². The quantitative estimate of drug-likeness (QED) is 0.493. The largest absolute Gasteiger partial charge is 0.477 e. The fourth-order valence-electron chi connectivity index (χ4n) is 0.984. The molecule has 0 rings (SSSR count). The Morgan fingerprint density at radius 1 is 0.800 bits per heavy atom. The van der Waals surface area contributed by atoms with Crippen LogP contribution in [0.3, 0.4) is 0 Å². The van der Waals surface area contributed by atoms with Crippen LogP contribution in [-0.2, 0) is 19.1 Å². The SMILES string of the molecule is CCOC(=O)NC(C(=O)O)=C(NC(=O)OCC)C(=O)O. The van der Waals surface area contributed by atoms with Crippen LogP contribution in [0.4, 0.5) is 9.59 Å². The van der Waals surface area contributed by atoms with Crippen LogP contribution in [0.5, 0.6) is 0 Å². The lowest BCUT2D eigenvalue weighted by atomic mass is 10.3. The number of aliphatic carboxylic acids is 2. The summed E-state index contributed by atoms with van der Waals surface area (Å²) in [6.07, 6.45) is -2.34. The number of nitrogens with one attached hydrogen (secondary N) is 2. The summed E-state index contributed by atoms with van der Waals surface area (Å²) in [5.41, 5.74) is -2.10. The van der Waals surface area contributed by atoms with Gasteiger partial charge in [0, 0.05) is 0 Å². The number of carbonyl (C=O) groups is 4. The van der Waals surface area contributed by atoms with Crippen LogP contribution in [0.2, 0.25) is 0 Å². The molecule has 20 heavy (non-hydrogen) atoms. The van der Waals surface area contributed by atoms with Crippen LogP contribution in [0.25, 0.3) is 0 Å². The van der Waals surface area contributed by atoms with E-state index in [0.717, 1.165) is 0 Å². The molecule has 112 valence electrons. The Morgan fingerprint density at radius 2 is 1.10 bits per heavy atom. The Hall–Kier alpha value is -2.78. The highest BCUT2D eigenvalue weighted by molar-refractivity contribution is 6.02. The molecule has 0 fully saturated rings. The molecule has 0 aromatic rings. The normalized spacial score (nSPS) is 10.9. The zero-order valence-electron chi connectivity index (χ0n) is 10.8. The molecule has 10 nitrogen and oxygen atoms in total. The van der Waals surface area contributed by atoms with Gasteiger partial charge in [0.1, 0.15) is 0 Å². The van der Waals surface area contributed by atoms with Crippen molar-refractivity contribution in [2.45, 2.75) is 13.8 Å². The van der Waals surface area contributed by atoms with Gasteiger partial charge in [-0.05, 0) is 13.8 Å². The minimum Gasteiger partial charge on any atom is -0.477 e. The van der Waals surface area contributed by atoms with Crippen LogP contribution < -0.4 is 10.6 Å². The van der Waals surface area contributed by atoms with Gasteiger partial charge in [0.25, 0.3) is 0 Å². The van der Waals surface area contributed by atoms with E-state index < -0.39 is 35.5 Å². The van der Waals surface area contributed by atoms with Gasteiger partial charge in [0.15, 0.2) is 11.4 Å². The van der Waals surface area contributed by atoms with Crippen molar-refractivity contribution in [3.63, 3.8) is 0 Å². The molecule has 4 N–H and O–H groups in total. The minimum atomic E-state index is -1.77. The van der Waals surface area contributed by atoms with Crippen molar-refractivity contribution in [3.05, 3.63) is 11.4 Å². The van der Waals surface area contributed by atoms with Gasteiger partial charge in [-0.25, -0.2) is 19.2 Å². The molecule has 0 radical (unpaired) electrons. The van der Waals surface area contributed by atoms with Crippen molar-refractivity contribution >= 4 is 24.1 Å². The second kappa shape index (κ2) is 8.34. The highest BCUT2D eigenvalue weighted by Crippen LogP contribution is 2.01. The predicted octanol–water partition coefficient (Wildman–Crippen LogP) is -0.141. The molecule has 2 amide bonds. The van der Waals surface area contributed by atoms with Gasteiger partial charge in [-0.15, -0.1) is 0 Å². The summed E-state index contributed by atoms with van der Waals surface area (Å²) in [5.74, 6) is -3.54. The summed E-state index contributed by atoms with van der Waals surface area (Å²) in [6, 6.07) is 0. The monoisotopic (exact) mass is 290 g/mol. The summed E-state index contributed by atoms with van der Waals surface area (Å²) in [6.45, 7) is 2.84. The Labute approximate surface area is 113 Å². The molecule has 0 aromatic heterocycles. The average Bonchev–Trinajstić information content (AvgIpc) is 2.33. The van der Waals surface area contributed by atoms with E-state index in [1.165, 1.54) is 13.8 Å². The second-order valence-electron chi connectivity index (χ2n) is 3.05.